The highest BCUT2D eigenvalue weighted by Gasteiger charge is 2.32. The quantitative estimate of drug-likeness (QED) is 0.787. The average molecular weight is 248 g/mol. The van der Waals surface area contributed by atoms with Gasteiger partial charge in [-0.3, -0.25) is 0 Å². The van der Waals surface area contributed by atoms with Crippen LogP contribution in [0.4, 0.5) is 11.4 Å². The van der Waals surface area contributed by atoms with Crippen molar-refractivity contribution < 1.29 is 4.74 Å². The molecule has 0 radical (unpaired) electrons. The minimum absolute atomic E-state index is 0.570. The zero-order chi connectivity index (χ0) is 13.1. The fourth-order valence-corrected chi connectivity index (χ4v) is 2.52. The molecule has 0 aliphatic heterocycles. The van der Waals surface area contributed by atoms with Gasteiger partial charge >= 0.3 is 0 Å². The summed E-state index contributed by atoms with van der Waals surface area (Å²) < 4.78 is 5.24. The highest BCUT2D eigenvalue weighted by Crippen LogP contribution is 2.38. The van der Waals surface area contributed by atoms with Gasteiger partial charge in [-0.15, -0.1) is 0 Å². The van der Waals surface area contributed by atoms with Crippen molar-refractivity contribution in [2.24, 2.45) is 5.92 Å². The number of ether oxygens (including phenoxy) is 1. The van der Waals surface area contributed by atoms with E-state index < -0.39 is 0 Å². The van der Waals surface area contributed by atoms with Gasteiger partial charge in [0.2, 0.25) is 0 Å². The molecule has 3 heteroatoms. The zero-order valence-corrected chi connectivity index (χ0v) is 11.6. The van der Waals surface area contributed by atoms with Crippen LogP contribution in [-0.2, 0) is 4.74 Å². The number of hydrogen-bond acceptors (Lipinski definition) is 3. The zero-order valence-electron chi connectivity index (χ0n) is 11.6. The predicted octanol–water partition coefficient (Wildman–Crippen LogP) is 2.83. The summed E-state index contributed by atoms with van der Waals surface area (Å²) in [5, 5.41) is 0. The summed E-state index contributed by atoms with van der Waals surface area (Å²) in [7, 11) is 1.76. The van der Waals surface area contributed by atoms with E-state index >= 15 is 0 Å². The first-order chi connectivity index (χ1) is 8.65. The van der Waals surface area contributed by atoms with Gasteiger partial charge in [0.1, 0.15) is 0 Å². The van der Waals surface area contributed by atoms with Crippen LogP contribution in [0.25, 0.3) is 0 Å². The van der Waals surface area contributed by atoms with Crippen molar-refractivity contribution in [2.45, 2.75) is 32.7 Å². The molecule has 1 aliphatic carbocycles. The van der Waals surface area contributed by atoms with Crippen molar-refractivity contribution in [2.75, 3.05) is 30.9 Å². The van der Waals surface area contributed by atoms with E-state index in [1.807, 2.05) is 12.1 Å². The van der Waals surface area contributed by atoms with Crippen molar-refractivity contribution in [1.82, 2.24) is 0 Å². The maximum Gasteiger partial charge on any atom is 0.0637 e. The third kappa shape index (κ3) is 2.78. The molecule has 1 fully saturated rings. The van der Waals surface area contributed by atoms with Gasteiger partial charge in [-0.05, 0) is 50.3 Å². The molecule has 0 amide bonds. The number of nitrogen functional groups attached to an aromatic ring is 1. The second-order valence-corrected chi connectivity index (χ2v) is 5.26. The molecule has 1 aromatic rings. The third-order valence-electron chi connectivity index (χ3n) is 3.99. The first-order valence-electron chi connectivity index (χ1n) is 6.75. The van der Waals surface area contributed by atoms with Crippen molar-refractivity contribution in [3.8, 4) is 0 Å². The summed E-state index contributed by atoms with van der Waals surface area (Å²) in [4.78, 5) is 2.45. The number of nitrogens with two attached hydrogens (primary N) is 1. The molecule has 1 atom stereocenters. The SMILES string of the molecule is COCCN(c1cccc(N)c1C)C(C)C1CC1. The first kappa shape index (κ1) is 13.2. The molecule has 0 saturated heterocycles. The Bertz CT molecular complexity index is 401. The minimum Gasteiger partial charge on any atom is -0.398 e. The van der Waals surface area contributed by atoms with Crippen LogP contribution in [0.3, 0.4) is 0 Å². The van der Waals surface area contributed by atoms with Gasteiger partial charge in [0, 0.05) is 31.1 Å². The van der Waals surface area contributed by atoms with Crippen LogP contribution in [-0.4, -0.2) is 26.3 Å². The van der Waals surface area contributed by atoms with Crippen LogP contribution >= 0.6 is 0 Å². The topological polar surface area (TPSA) is 38.5 Å². The molecule has 0 aromatic heterocycles. The standard InChI is InChI=1S/C15H24N2O/c1-11-14(16)5-4-6-15(11)17(9-10-18-3)12(2)13-7-8-13/h4-6,12-13H,7-10,16H2,1-3H3. The molecule has 1 saturated carbocycles. The molecule has 2 rings (SSSR count). The van der Waals surface area contributed by atoms with Crippen molar-refractivity contribution >= 4 is 11.4 Å². The Morgan fingerprint density at radius 3 is 2.78 bits per heavy atom. The smallest absolute Gasteiger partial charge is 0.0637 e. The lowest BCUT2D eigenvalue weighted by Gasteiger charge is -2.33. The van der Waals surface area contributed by atoms with Gasteiger partial charge in [-0.2, -0.15) is 0 Å². The number of hydrogen-bond donors (Lipinski definition) is 1. The number of anilines is 2. The first-order valence-corrected chi connectivity index (χ1v) is 6.75. The van der Waals surface area contributed by atoms with Gasteiger partial charge in [-0.1, -0.05) is 6.07 Å². The summed E-state index contributed by atoms with van der Waals surface area (Å²) in [5.74, 6) is 0.836. The average Bonchev–Trinajstić information content (AvgIpc) is 3.18. The largest absolute Gasteiger partial charge is 0.398 e. The lowest BCUT2D eigenvalue weighted by atomic mass is 10.1. The van der Waals surface area contributed by atoms with Gasteiger partial charge in [-0.25, -0.2) is 0 Å². The van der Waals surface area contributed by atoms with Gasteiger partial charge in [0.05, 0.1) is 6.61 Å². The molecule has 1 unspecified atom stereocenters. The second kappa shape index (κ2) is 5.61. The highest BCUT2D eigenvalue weighted by molar-refractivity contribution is 5.64. The lowest BCUT2D eigenvalue weighted by Crippen LogP contribution is -2.37. The summed E-state index contributed by atoms with van der Waals surface area (Å²) in [6.07, 6.45) is 2.71. The maximum atomic E-state index is 6.02. The predicted molar refractivity (Wildman–Crippen MR) is 77.0 cm³/mol. The van der Waals surface area contributed by atoms with Crippen LogP contribution in [0, 0.1) is 12.8 Å². The molecule has 2 N–H and O–H groups in total. The molecule has 0 bridgehead atoms. The molecule has 0 heterocycles. The lowest BCUT2D eigenvalue weighted by molar-refractivity contribution is 0.202. The van der Waals surface area contributed by atoms with Crippen LogP contribution in [0.1, 0.15) is 25.3 Å². The van der Waals surface area contributed by atoms with Crippen molar-refractivity contribution in [3.05, 3.63) is 23.8 Å². The Morgan fingerprint density at radius 2 is 2.17 bits per heavy atom. The van der Waals surface area contributed by atoms with E-state index in [2.05, 4.69) is 24.8 Å². The van der Waals surface area contributed by atoms with Crippen molar-refractivity contribution in [1.29, 1.82) is 0 Å². The second-order valence-electron chi connectivity index (χ2n) is 5.26. The Labute approximate surface area is 110 Å². The fraction of sp³-hybridized carbons (Fsp3) is 0.600. The van der Waals surface area contributed by atoms with E-state index in [1.165, 1.54) is 24.1 Å². The Morgan fingerprint density at radius 1 is 1.44 bits per heavy atom. The molecule has 100 valence electrons. The van der Waals surface area contributed by atoms with Crippen LogP contribution in [0.5, 0.6) is 0 Å². The number of rotatable bonds is 6. The van der Waals surface area contributed by atoms with Gasteiger partial charge in [0.15, 0.2) is 0 Å². The fourth-order valence-electron chi connectivity index (χ4n) is 2.52. The molecule has 0 spiro atoms. The van der Waals surface area contributed by atoms with Gasteiger partial charge in [0.25, 0.3) is 0 Å². The summed E-state index contributed by atoms with van der Waals surface area (Å²) in [5.41, 5.74) is 9.33. The highest BCUT2D eigenvalue weighted by atomic mass is 16.5. The molecule has 1 aliphatic rings. The van der Waals surface area contributed by atoms with Crippen LogP contribution in [0.2, 0.25) is 0 Å². The van der Waals surface area contributed by atoms with E-state index in [4.69, 9.17) is 10.5 Å². The summed E-state index contributed by atoms with van der Waals surface area (Å²) >= 11 is 0. The van der Waals surface area contributed by atoms with E-state index in [1.54, 1.807) is 7.11 Å². The van der Waals surface area contributed by atoms with Crippen molar-refractivity contribution in [3.63, 3.8) is 0 Å². The van der Waals surface area contributed by atoms with E-state index in [9.17, 15) is 0 Å². The summed E-state index contributed by atoms with van der Waals surface area (Å²) in [6, 6.07) is 6.74. The summed E-state index contributed by atoms with van der Waals surface area (Å²) in [6.45, 7) is 6.10. The number of benzene rings is 1. The van der Waals surface area contributed by atoms with E-state index in [0.29, 0.717) is 6.04 Å². The van der Waals surface area contributed by atoms with Crippen LogP contribution < -0.4 is 10.6 Å². The Kier molecular flexibility index (Phi) is 4.12. The molecule has 18 heavy (non-hydrogen) atoms. The van der Waals surface area contributed by atoms with E-state index in [-0.39, 0.29) is 0 Å². The molecular weight excluding hydrogens is 224 g/mol. The normalized spacial score (nSPS) is 16.6. The Balaban J connectivity index is 2.23. The molecule has 1 aromatic carbocycles. The Hall–Kier alpha value is -1.22. The molecular formula is C15H24N2O. The monoisotopic (exact) mass is 248 g/mol. The number of nitrogens with zero attached hydrogens (tertiary/aromatic N) is 1. The number of methoxy groups -OCH3 is 1. The molecule has 3 nitrogen and oxygen atoms in total. The van der Waals surface area contributed by atoms with Crippen LogP contribution in [0.15, 0.2) is 18.2 Å². The van der Waals surface area contributed by atoms with Gasteiger partial charge < -0.3 is 15.4 Å². The maximum absolute atomic E-state index is 6.02. The minimum atomic E-state index is 0.570. The van der Waals surface area contributed by atoms with E-state index in [0.717, 1.165) is 24.8 Å². The third-order valence-corrected chi connectivity index (χ3v) is 3.99.